The fourth-order valence-corrected chi connectivity index (χ4v) is 3.49. The van der Waals surface area contributed by atoms with Crippen molar-refractivity contribution in [2.75, 3.05) is 6.61 Å². The molecule has 2 aromatic heterocycles. The number of aromatic nitrogens is 4. The maximum absolute atomic E-state index is 11.9. The molecule has 0 radical (unpaired) electrons. The largest absolute Gasteiger partial charge is 0.465 e. The Morgan fingerprint density at radius 3 is 2.84 bits per heavy atom. The summed E-state index contributed by atoms with van der Waals surface area (Å²) in [6, 6.07) is 6.20. The maximum atomic E-state index is 11.9. The topological polar surface area (TPSA) is 69.9 Å². The van der Waals surface area contributed by atoms with Crippen LogP contribution in [0.25, 0.3) is 16.7 Å². The van der Waals surface area contributed by atoms with E-state index in [9.17, 15) is 4.79 Å². The van der Waals surface area contributed by atoms with Gasteiger partial charge in [0.2, 0.25) is 0 Å². The molecule has 7 heteroatoms. The minimum atomic E-state index is -0.345. The number of fused-ring (bicyclic) bond motifs is 1. The molecule has 0 fully saturated rings. The third kappa shape index (κ3) is 3.51. The lowest BCUT2D eigenvalue weighted by Crippen LogP contribution is -2.16. The van der Waals surface area contributed by atoms with Crippen molar-refractivity contribution >= 4 is 28.8 Å². The van der Waals surface area contributed by atoms with Crippen LogP contribution in [0.3, 0.4) is 0 Å². The molecule has 0 saturated carbocycles. The predicted octanol–water partition coefficient (Wildman–Crippen LogP) is 3.48. The van der Waals surface area contributed by atoms with Crippen molar-refractivity contribution in [3.05, 3.63) is 41.9 Å². The Morgan fingerprint density at radius 2 is 2.12 bits per heavy atom. The van der Waals surface area contributed by atoms with Gasteiger partial charge in [0.1, 0.15) is 16.6 Å². The molecule has 0 aliphatic heterocycles. The first-order valence-electron chi connectivity index (χ1n) is 8.11. The van der Waals surface area contributed by atoms with Crippen LogP contribution >= 0.6 is 11.8 Å². The highest BCUT2D eigenvalue weighted by Crippen LogP contribution is 2.29. The number of nitrogens with zero attached hydrogens (tertiary/aromatic N) is 4. The molecule has 1 aromatic carbocycles. The van der Waals surface area contributed by atoms with Crippen LogP contribution < -0.4 is 0 Å². The number of rotatable bonds is 5. The molecule has 0 bridgehead atoms. The lowest BCUT2D eigenvalue weighted by molar-refractivity contribution is -0.142. The lowest BCUT2D eigenvalue weighted by atomic mass is 10.1. The van der Waals surface area contributed by atoms with Gasteiger partial charge < -0.3 is 4.74 Å². The SMILES string of the molecule is CCOC(=O)[C@H](C)Sc1ncnc2c1cnn2-c1ccc(C)cc1C. The molecule has 25 heavy (non-hydrogen) atoms. The van der Waals surface area contributed by atoms with Gasteiger partial charge in [0.15, 0.2) is 5.65 Å². The fourth-order valence-electron chi connectivity index (χ4n) is 2.61. The number of aryl methyl sites for hydroxylation is 2. The van der Waals surface area contributed by atoms with Gasteiger partial charge in [-0.3, -0.25) is 4.79 Å². The average molecular weight is 356 g/mol. The fraction of sp³-hybridized carbons (Fsp3) is 0.333. The molecule has 0 saturated heterocycles. The van der Waals surface area contributed by atoms with Gasteiger partial charge >= 0.3 is 5.97 Å². The highest BCUT2D eigenvalue weighted by molar-refractivity contribution is 8.00. The Bertz CT molecular complexity index is 923. The highest BCUT2D eigenvalue weighted by Gasteiger charge is 2.19. The van der Waals surface area contributed by atoms with Crippen LogP contribution in [0.5, 0.6) is 0 Å². The molecule has 0 amide bonds. The zero-order valence-electron chi connectivity index (χ0n) is 14.7. The van der Waals surface area contributed by atoms with Crippen molar-refractivity contribution in [1.29, 1.82) is 0 Å². The van der Waals surface area contributed by atoms with Gasteiger partial charge in [-0.05, 0) is 39.3 Å². The van der Waals surface area contributed by atoms with E-state index in [1.165, 1.54) is 23.7 Å². The normalized spacial score (nSPS) is 12.3. The van der Waals surface area contributed by atoms with E-state index in [1.54, 1.807) is 13.1 Å². The highest BCUT2D eigenvalue weighted by atomic mass is 32.2. The number of ether oxygens (including phenoxy) is 1. The van der Waals surface area contributed by atoms with Gasteiger partial charge in [-0.25, -0.2) is 14.6 Å². The van der Waals surface area contributed by atoms with E-state index < -0.39 is 0 Å². The van der Waals surface area contributed by atoms with E-state index in [0.717, 1.165) is 27.3 Å². The predicted molar refractivity (Wildman–Crippen MR) is 98.1 cm³/mol. The first-order valence-corrected chi connectivity index (χ1v) is 8.99. The summed E-state index contributed by atoms with van der Waals surface area (Å²) in [6.45, 7) is 8.09. The monoisotopic (exact) mass is 356 g/mol. The Balaban J connectivity index is 1.99. The van der Waals surface area contributed by atoms with Gasteiger partial charge in [0.05, 0.1) is 23.9 Å². The van der Waals surface area contributed by atoms with E-state index in [0.29, 0.717) is 6.61 Å². The number of carbonyl (C=O) groups excluding carboxylic acids is 1. The van der Waals surface area contributed by atoms with E-state index in [2.05, 4.69) is 41.0 Å². The lowest BCUT2D eigenvalue weighted by Gasteiger charge is -2.10. The Morgan fingerprint density at radius 1 is 1.32 bits per heavy atom. The van der Waals surface area contributed by atoms with Crippen molar-refractivity contribution in [1.82, 2.24) is 19.7 Å². The molecule has 1 atom stereocenters. The summed E-state index contributed by atoms with van der Waals surface area (Å²) >= 11 is 1.36. The molecule has 3 rings (SSSR count). The van der Waals surface area contributed by atoms with Gasteiger partial charge in [-0.15, -0.1) is 0 Å². The first-order chi connectivity index (χ1) is 12.0. The molecular weight excluding hydrogens is 336 g/mol. The minimum Gasteiger partial charge on any atom is -0.465 e. The second kappa shape index (κ2) is 7.23. The third-order valence-corrected chi connectivity index (χ3v) is 4.91. The number of esters is 1. The Kier molecular flexibility index (Phi) is 5.03. The number of carbonyl (C=O) groups is 1. The second-order valence-corrected chi connectivity index (χ2v) is 7.10. The smallest absolute Gasteiger partial charge is 0.319 e. The van der Waals surface area contributed by atoms with Crippen LogP contribution in [-0.4, -0.2) is 37.6 Å². The molecule has 0 N–H and O–H groups in total. The quantitative estimate of drug-likeness (QED) is 0.396. The van der Waals surface area contributed by atoms with Gasteiger partial charge in [0.25, 0.3) is 0 Å². The summed E-state index contributed by atoms with van der Waals surface area (Å²) in [5.41, 5.74) is 4.03. The van der Waals surface area contributed by atoms with Crippen molar-refractivity contribution in [3.8, 4) is 5.69 Å². The molecule has 0 spiro atoms. The van der Waals surface area contributed by atoms with E-state index in [-0.39, 0.29) is 11.2 Å². The number of hydrogen-bond donors (Lipinski definition) is 0. The summed E-state index contributed by atoms with van der Waals surface area (Å²) in [7, 11) is 0. The van der Waals surface area contributed by atoms with Crippen LogP contribution in [-0.2, 0) is 9.53 Å². The number of hydrogen-bond acceptors (Lipinski definition) is 6. The molecule has 130 valence electrons. The molecule has 0 aliphatic carbocycles. The summed E-state index contributed by atoms with van der Waals surface area (Å²) in [5.74, 6) is -0.249. The molecule has 0 unspecified atom stereocenters. The molecular formula is C18H20N4O2S. The van der Waals surface area contributed by atoms with Crippen LogP contribution in [0.4, 0.5) is 0 Å². The van der Waals surface area contributed by atoms with Crippen molar-refractivity contribution in [2.45, 2.75) is 38.0 Å². The maximum Gasteiger partial charge on any atom is 0.319 e. The van der Waals surface area contributed by atoms with Crippen molar-refractivity contribution in [3.63, 3.8) is 0 Å². The summed E-state index contributed by atoms with van der Waals surface area (Å²) in [4.78, 5) is 20.6. The van der Waals surface area contributed by atoms with Gasteiger partial charge in [0, 0.05) is 0 Å². The van der Waals surface area contributed by atoms with Gasteiger partial charge in [-0.2, -0.15) is 5.10 Å². The summed E-state index contributed by atoms with van der Waals surface area (Å²) in [6.07, 6.45) is 3.25. The standard InChI is InChI=1S/C18H20N4O2S/c1-5-24-18(23)13(4)25-17-14-9-21-22(16(14)19-10-20-17)15-7-6-11(2)8-12(15)3/h6-10,13H,5H2,1-4H3/t13-/m0/s1. The van der Waals surface area contributed by atoms with Crippen molar-refractivity contribution in [2.24, 2.45) is 0 Å². The number of benzene rings is 1. The Labute approximate surface area is 150 Å². The zero-order valence-corrected chi connectivity index (χ0v) is 15.5. The van der Waals surface area contributed by atoms with E-state index in [1.807, 2.05) is 17.7 Å². The van der Waals surface area contributed by atoms with E-state index >= 15 is 0 Å². The Hall–Kier alpha value is -2.41. The number of thioether (sulfide) groups is 1. The van der Waals surface area contributed by atoms with Crippen LogP contribution in [0.15, 0.2) is 35.7 Å². The van der Waals surface area contributed by atoms with Gasteiger partial charge in [-0.1, -0.05) is 29.5 Å². The molecule has 3 aromatic rings. The average Bonchev–Trinajstić information content (AvgIpc) is 3.00. The summed E-state index contributed by atoms with van der Waals surface area (Å²) in [5, 5.41) is 5.69. The van der Waals surface area contributed by atoms with E-state index in [4.69, 9.17) is 4.74 Å². The minimum absolute atomic E-state index is 0.249. The second-order valence-electron chi connectivity index (χ2n) is 5.77. The molecule has 0 aliphatic rings. The van der Waals surface area contributed by atoms with Crippen LogP contribution in [0, 0.1) is 13.8 Å². The summed E-state index contributed by atoms with van der Waals surface area (Å²) < 4.78 is 6.88. The van der Waals surface area contributed by atoms with Crippen LogP contribution in [0.2, 0.25) is 0 Å². The molecule has 6 nitrogen and oxygen atoms in total. The first kappa shape index (κ1) is 17.4. The third-order valence-electron chi connectivity index (χ3n) is 3.82. The van der Waals surface area contributed by atoms with Crippen LogP contribution in [0.1, 0.15) is 25.0 Å². The molecule has 2 heterocycles. The van der Waals surface area contributed by atoms with Crippen molar-refractivity contribution < 1.29 is 9.53 Å². The zero-order chi connectivity index (χ0) is 18.0.